The van der Waals surface area contributed by atoms with Gasteiger partial charge in [-0.05, 0) is 48.5 Å². The number of hydrogen-bond donors (Lipinski definition) is 0. The van der Waals surface area contributed by atoms with Crippen LogP contribution < -0.4 is 4.74 Å². The minimum atomic E-state index is -3.63. The minimum absolute atomic E-state index is 0.113. The zero-order valence-corrected chi connectivity index (χ0v) is 19.3. The first kappa shape index (κ1) is 22.3. The summed E-state index contributed by atoms with van der Waals surface area (Å²) in [6.07, 6.45) is 4.62. The van der Waals surface area contributed by atoms with Crippen LogP contribution in [0.3, 0.4) is 0 Å². The van der Waals surface area contributed by atoms with E-state index in [0.717, 1.165) is 18.0 Å². The molecular weight excluding hydrogens is 454 g/mol. The van der Waals surface area contributed by atoms with Crippen LogP contribution in [0, 0.1) is 0 Å². The number of morpholine rings is 1. The van der Waals surface area contributed by atoms with E-state index in [0.29, 0.717) is 32.0 Å². The van der Waals surface area contributed by atoms with Gasteiger partial charge < -0.3 is 9.47 Å². The van der Waals surface area contributed by atoms with Gasteiger partial charge >= 0.3 is 0 Å². The molecule has 2 aromatic heterocycles. The molecule has 34 heavy (non-hydrogen) atoms. The Balaban J connectivity index is 1.19. The van der Waals surface area contributed by atoms with Gasteiger partial charge in [-0.1, -0.05) is 18.2 Å². The van der Waals surface area contributed by atoms with Crippen molar-refractivity contribution in [2.24, 2.45) is 0 Å². The zero-order valence-electron chi connectivity index (χ0n) is 18.5. The second-order valence-electron chi connectivity index (χ2n) is 7.99. The predicted octanol–water partition coefficient (Wildman–Crippen LogP) is 2.59. The van der Waals surface area contributed by atoms with Crippen molar-refractivity contribution in [2.45, 2.75) is 17.5 Å². The Bertz CT molecular complexity index is 1310. The molecule has 4 aromatic rings. The van der Waals surface area contributed by atoms with Gasteiger partial charge in [0.1, 0.15) is 31.1 Å². The van der Waals surface area contributed by atoms with Gasteiger partial charge in [0, 0.05) is 31.5 Å². The van der Waals surface area contributed by atoms with Crippen LogP contribution in [0.2, 0.25) is 0 Å². The third-order valence-electron chi connectivity index (χ3n) is 5.66. The summed E-state index contributed by atoms with van der Waals surface area (Å²) < 4.78 is 41.0. The van der Waals surface area contributed by atoms with E-state index >= 15 is 0 Å². The smallest absolute Gasteiger partial charge is 0.267 e. The molecule has 5 rings (SSSR count). The number of aromatic nitrogens is 4. The quantitative estimate of drug-likeness (QED) is 0.384. The van der Waals surface area contributed by atoms with Crippen LogP contribution in [0.1, 0.15) is 5.69 Å². The molecule has 9 nitrogen and oxygen atoms in total. The zero-order chi connectivity index (χ0) is 23.4. The second kappa shape index (κ2) is 9.80. The van der Waals surface area contributed by atoms with E-state index < -0.39 is 10.0 Å². The van der Waals surface area contributed by atoms with Crippen LogP contribution in [-0.4, -0.2) is 64.5 Å². The third-order valence-corrected chi connectivity index (χ3v) is 7.40. The van der Waals surface area contributed by atoms with Gasteiger partial charge in [0.25, 0.3) is 10.0 Å². The number of benzene rings is 2. The van der Waals surface area contributed by atoms with Crippen molar-refractivity contribution in [1.82, 2.24) is 23.6 Å². The topological polar surface area (TPSA) is 91.5 Å². The standard InChI is InChI=1S/C24H25N5O4S/c30-34(31,24-6-2-1-3-7-24)29-12-4-5-21(29)15-27-13-14-32-23(16-27)17-33-22-10-8-20(9-11-22)28-19-25-18-26-28/h1-12,18-19,23H,13-17H2. The first-order valence-corrected chi connectivity index (χ1v) is 12.4. The van der Waals surface area contributed by atoms with Crippen LogP contribution in [0.25, 0.3) is 5.69 Å². The van der Waals surface area contributed by atoms with Gasteiger partial charge in [0.2, 0.25) is 0 Å². The molecule has 1 saturated heterocycles. The lowest BCUT2D eigenvalue weighted by molar-refractivity contribution is -0.0507. The van der Waals surface area contributed by atoms with E-state index in [1.165, 1.54) is 10.3 Å². The summed E-state index contributed by atoms with van der Waals surface area (Å²) in [5.41, 5.74) is 1.62. The largest absolute Gasteiger partial charge is 0.491 e. The van der Waals surface area contributed by atoms with Crippen molar-refractivity contribution < 1.29 is 17.9 Å². The molecular formula is C24H25N5O4S. The molecule has 2 aromatic carbocycles. The van der Waals surface area contributed by atoms with Crippen molar-refractivity contribution in [1.29, 1.82) is 0 Å². The summed E-state index contributed by atoms with van der Waals surface area (Å²) in [7, 11) is -3.63. The maximum Gasteiger partial charge on any atom is 0.267 e. The Morgan fingerprint density at radius 1 is 1.03 bits per heavy atom. The average molecular weight is 480 g/mol. The van der Waals surface area contributed by atoms with Crippen molar-refractivity contribution in [3.63, 3.8) is 0 Å². The number of hydrogen-bond acceptors (Lipinski definition) is 7. The number of nitrogens with zero attached hydrogens (tertiary/aromatic N) is 5. The highest BCUT2D eigenvalue weighted by atomic mass is 32.2. The van der Waals surface area contributed by atoms with E-state index in [1.54, 1.807) is 53.6 Å². The lowest BCUT2D eigenvalue weighted by Gasteiger charge is -2.32. The summed E-state index contributed by atoms with van der Waals surface area (Å²) >= 11 is 0. The number of ether oxygens (including phenoxy) is 2. The Labute approximate surface area is 198 Å². The molecule has 10 heteroatoms. The van der Waals surface area contributed by atoms with Gasteiger partial charge in [-0.2, -0.15) is 5.10 Å². The van der Waals surface area contributed by atoms with Gasteiger partial charge in [-0.15, -0.1) is 0 Å². The monoisotopic (exact) mass is 479 g/mol. The average Bonchev–Trinajstić information content (AvgIpc) is 3.57. The highest BCUT2D eigenvalue weighted by molar-refractivity contribution is 7.90. The van der Waals surface area contributed by atoms with Gasteiger partial charge in [-0.25, -0.2) is 22.1 Å². The van der Waals surface area contributed by atoms with E-state index in [-0.39, 0.29) is 11.0 Å². The lowest BCUT2D eigenvalue weighted by Crippen LogP contribution is -2.44. The highest BCUT2D eigenvalue weighted by Gasteiger charge is 2.24. The summed E-state index contributed by atoms with van der Waals surface area (Å²) in [4.78, 5) is 6.42. The Morgan fingerprint density at radius 2 is 1.85 bits per heavy atom. The van der Waals surface area contributed by atoms with Crippen molar-refractivity contribution >= 4 is 10.0 Å². The first-order chi connectivity index (χ1) is 16.6. The van der Waals surface area contributed by atoms with Crippen molar-refractivity contribution in [2.75, 3.05) is 26.3 Å². The van der Waals surface area contributed by atoms with Crippen molar-refractivity contribution in [3.05, 3.63) is 91.3 Å². The molecule has 0 saturated carbocycles. The molecule has 0 amide bonds. The van der Waals surface area contributed by atoms with Crippen LogP contribution >= 0.6 is 0 Å². The molecule has 1 aliphatic heterocycles. The van der Waals surface area contributed by atoms with Crippen LogP contribution in [0.4, 0.5) is 0 Å². The van der Waals surface area contributed by atoms with E-state index in [9.17, 15) is 8.42 Å². The van der Waals surface area contributed by atoms with Crippen LogP contribution in [0.15, 0.2) is 90.5 Å². The van der Waals surface area contributed by atoms with Crippen LogP contribution in [-0.2, 0) is 21.3 Å². The molecule has 1 unspecified atom stereocenters. The molecule has 3 heterocycles. The summed E-state index contributed by atoms with van der Waals surface area (Å²) in [6.45, 7) is 2.84. The molecule has 0 spiro atoms. The Kier molecular flexibility index (Phi) is 6.43. The normalized spacial score (nSPS) is 17.0. The summed E-state index contributed by atoms with van der Waals surface area (Å²) in [5.74, 6) is 0.743. The molecule has 1 aliphatic rings. The maximum absolute atomic E-state index is 13.1. The summed E-state index contributed by atoms with van der Waals surface area (Å²) in [5, 5.41) is 4.11. The Morgan fingerprint density at radius 3 is 2.62 bits per heavy atom. The summed E-state index contributed by atoms with van der Waals surface area (Å²) in [6, 6.07) is 19.7. The molecule has 0 radical (unpaired) electrons. The molecule has 0 bridgehead atoms. The molecule has 176 valence electrons. The third kappa shape index (κ3) is 4.89. The van der Waals surface area contributed by atoms with Gasteiger partial charge in [0.15, 0.2) is 0 Å². The SMILES string of the molecule is O=S(=O)(c1ccccc1)n1cccc1CN1CCOC(COc2ccc(-n3cncn3)cc2)C1. The molecule has 0 aliphatic carbocycles. The fourth-order valence-electron chi connectivity index (χ4n) is 3.94. The van der Waals surface area contributed by atoms with E-state index in [1.807, 2.05) is 30.3 Å². The van der Waals surface area contributed by atoms with Gasteiger partial charge in [-0.3, -0.25) is 4.90 Å². The molecule has 1 atom stereocenters. The van der Waals surface area contributed by atoms with Crippen LogP contribution in [0.5, 0.6) is 5.75 Å². The maximum atomic E-state index is 13.1. The predicted molar refractivity (Wildman–Crippen MR) is 125 cm³/mol. The van der Waals surface area contributed by atoms with Crippen molar-refractivity contribution in [3.8, 4) is 11.4 Å². The highest BCUT2D eigenvalue weighted by Crippen LogP contribution is 2.20. The van der Waals surface area contributed by atoms with E-state index in [4.69, 9.17) is 9.47 Å². The minimum Gasteiger partial charge on any atom is -0.491 e. The first-order valence-electron chi connectivity index (χ1n) is 11.0. The lowest BCUT2D eigenvalue weighted by atomic mass is 10.2. The van der Waals surface area contributed by atoms with E-state index in [2.05, 4.69) is 15.0 Å². The fourth-order valence-corrected chi connectivity index (χ4v) is 5.33. The van der Waals surface area contributed by atoms with Gasteiger partial charge in [0.05, 0.1) is 17.2 Å². The number of rotatable bonds is 8. The fraction of sp³-hybridized carbons (Fsp3) is 0.250. The Hall–Kier alpha value is -3.47. The molecule has 1 fully saturated rings. The molecule has 0 N–H and O–H groups in total. The second-order valence-corrected chi connectivity index (χ2v) is 9.80.